The van der Waals surface area contributed by atoms with Crippen LogP contribution < -0.4 is 15.0 Å². The minimum atomic E-state index is -0.517. The van der Waals surface area contributed by atoms with Crippen molar-refractivity contribution < 1.29 is 19.1 Å². The molecule has 182 valence electrons. The summed E-state index contributed by atoms with van der Waals surface area (Å²) in [7, 11) is 1.55. The van der Waals surface area contributed by atoms with Gasteiger partial charge in [-0.3, -0.25) is 24.2 Å². The predicted octanol–water partition coefficient (Wildman–Crippen LogP) is 5.26. The zero-order chi connectivity index (χ0) is 25.5. The van der Waals surface area contributed by atoms with Crippen molar-refractivity contribution in [2.45, 2.75) is 12.7 Å². The number of anilines is 2. The lowest BCUT2D eigenvalue weighted by Crippen LogP contribution is -2.43. The fourth-order valence-electron chi connectivity index (χ4n) is 4.99. The maximum atomic E-state index is 13.7. The quantitative estimate of drug-likeness (QED) is 0.387. The fourth-order valence-corrected chi connectivity index (χ4v) is 4.99. The van der Waals surface area contributed by atoms with Crippen LogP contribution in [0.2, 0.25) is 0 Å². The Morgan fingerprint density at radius 2 is 1.35 bits per heavy atom. The first-order valence-corrected chi connectivity index (χ1v) is 11.9. The van der Waals surface area contributed by atoms with E-state index in [0.717, 1.165) is 16.9 Å². The number of hydrogen-bond acceptors (Lipinski definition) is 5. The zero-order valence-electron chi connectivity index (χ0n) is 20.0. The molecule has 37 heavy (non-hydrogen) atoms. The van der Waals surface area contributed by atoms with E-state index >= 15 is 0 Å². The van der Waals surface area contributed by atoms with Gasteiger partial charge in [0, 0.05) is 16.9 Å². The first-order valence-electron chi connectivity index (χ1n) is 11.9. The number of para-hydroxylation sites is 2. The Kier molecular flexibility index (Phi) is 5.45. The van der Waals surface area contributed by atoms with Gasteiger partial charge in [0.05, 0.1) is 30.3 Å². The maximum absolute atomic E-state index is 13.7. The lowest BCUT2D eigenvalue weighted by atomic mass is 10.0. The Morgan fingerprint density at radius 3 is 2.03 bits per heavy atom. The predicted molar refractivity (Wildman–Crippen MR) is 140 cm³/mol. The number of benzene rings is 4. The Balaban J connectivity index is 1.41. The molecular formula is C30H23N3O4. The molecule has 3 amide bonds. The Hall–Kier alpha value is -4.91. The molecule has 0 unspecified atom stereocenters. The van der Waals surface area contributed by atoms with E-state index in [2.05, 4.69) is 5.32 Å². The maximum Gasteiger partial charge on any atom is 0.262 e. The van der Waals surface area contributed by atoms with Gasteiger partial charge in [-0.2, -0.15) is 0 Å². The number of hydrogen-bond donors (Lipinski definition) is 1. The summed E-state index contributed by atoms with van der Waals surface area (Å²) >= 11 is 0. The highest BCUT2D eigenvalue weighted by Crippen LogP contribution is 2.38. The lowest BCUT2D eigenvalue weighted by Gasteiger charge is -2.38. The number of fused-ring (bicyclic) bond motifs is 2. The van der Waals surface area contributed by atoms with E-state index in [1.54, 1.807) is 48.4 Å². The van der Waals surface area contributed by atoms with Crippen LogP contribution in [-0.2, 0) is 6.54 Å². The summed E-state index contributed by atoms with van der Waals surface area (Å²) in [6.07, 6.45) is -0.517. The molecule has 2 aliphatic heterocycles. The van der Waals surface area contributed by atoms with Crippen molar-refractivity contribution in [2.24, 2.45) is 0 Å². The number of amides is 3. The van der Waals surface area contributed by atoms with Gasteiger partial charge in [0.15, 0.2) is 0 Å². The summed E-state index contributed by atoms with van der Waals surface area (Å²) < 4.78 is 5.58. The molecule has 0 aromatic heterocycles. The first-order chi connectivity index (χ1) is 18.1. The van der Waals surface area contributed by atoms with E-state index in [9.17, 15) is 14.4 Å². The molecule has 0 fully saturated rings. The first kappa shape index (κ1) is 22.5. The average Bonchev–Trinajstić information content (AvgIpc) is 3.18. The van der Waals surface area contributed by atoms with Crippen molar-refractivity contribution in [3.63, 3.8) is 0 Å². The second-order valence-electron chi connectivity index (χ2n) is 8.92. The van der Waals surface area contributed by atoms with Crippen molar-refractivity contribution in [1.82, 2.24) is 4.90 Å². The molecule has 2 aliphatic rings. The van der Waals surface area contributed by atoms with E-state index in [-0.39, 0.29) is 24.3 Å². The highest BCUT2D eigenvalue weighted by molar-refractivity contribution is 6.21. The van der Waals surface area contributed by atoms with Crippen molar-refractivity contribution in [1.29, 1.82) is 0 Å². The van der Waals surface area contributed by atoms with E-state index in [4.69, 9.17) is 4.74 Å². The normalized spacial score (nSPS) is 16.4. The molecule has 1 atom stereocenters. The van der Waals surface area contributed by atoms with Crippen molar-refractivity contribution in [3.05, 3.63) is 125 Å². The number of carbonyl (C=O) groups is 3. The molecule has 0 bridgehead atoms. The zero-order valence-corrected chi connectivity index (χ0v) is 20.0. The molecular weight excluding hydrogens is 466 g/mol. The largest absolute Gasteiger partial charge is 0.496 e. The highest BCUT2D eigenvalue weighted by Gasteiger charge is 2.37. The molecule has 0 saturated heterocycles. The van der Waals surface area contributed by atoms with Gasteiger partial charge in [0.1, 0.15) is 11.9 Å². The molecule has 0 spiro atoms. The number of methoxy groups -OCH3 is 1. The van der Waals surface area contributed by atoms with Gasteiger partial charge in [0.25, 0.3) is 17.7 Å². The van der Waals surface area contributed by atoms with Crippen LogP contribution in [0.3, 0.4) is 0 Å². The molecule has 1 N–H and O–H groups in total. The van der Waals surface area contributed by atoms with Crippen LogP contribution in [0.5, 0.6) is 5.75 Å². The second kappa shape index (κ2) is 8.95. The molecule has 6 rings (SSSR count). The van der Waals surface area contributed by atoms with Crippen LogP contribution in [0.1, 0.15) is 48.4 Å². The molecule has 0 saturated carbocycles. The third-order valence-electron chi connectivity index (χ3n) is 6.79. The monoisotopic (exact) mass is 489 g/mol. The molecule has 0 radical (unpaired) electrons. The van der Waals surface area contributed by atoms with Gasteiger partial charge in [-0.1, -0.05) is 48.5 Å². The van der Waals surface area contributed by atoms with Crippen LogP contribution in [0.15, 0.2) is 97.1 Å². The molecule has 4 aromatic carbocycles. The topological polar surface area (TPSA) is 79.0 Å². The minimum absolute atomic E-state index is 0.0476. The Bertz CT molecular complexity index is 1510. The van der Waals surface area contributed by atoms with Gasteiger partial charge in [-0.15, -0.1) is 0 Å². The number of ether oxygens (including phenoxy) is 1. The van der Waals surface area contributed by atoms with E-state index in [1.807, 2.05) is 60.7 Å². The van der Waals surface area contributed by atoms with Gasteiger partial charge >= 0.3 is 0 Å². The van der Waals surface area contributed by atoms with Crippen molar-refractivity contribution >= 4 is 29.1 Å². The fraction of sp³-hybridized carbons (Fsp3) is 0.100. The summed E-state index contributed by atoms with van der Waals surface area (Å²) in [5.41, 5.74) is 4.32. The summed E-state index contributed by atoms with van der Waals surface area (Å²) in [6.45, 7) is 0.0476. The van der Waals surface area contributed by atoms with E-state index < -0.39 is 6.17 Å². The average molecular weight is 490 g/mol. The van der Waals surface area contributed by atoms with Gasteiger partial charge in [-0.05, 0) is 54.1 Å². The molecule has 2 heterocycles. The lowest BCUT2D eigenvalue weighted by molar-refractivity contribution is 0.0641. The van der Waals surface area contributed by atoms with Gasteiger partial charge in [-0.25, -0.2) is 0 Å². The SMILES string of the molecule is COc1ccc([C@@H]2Nc3ccccc3C(=O)N2c2ccccc2)cc1CN1C(=O)c2ccccc2C1=O. The summed E-state index contributed by atoms with van der Waals surface area (Å²) in [6, 6.07) is 29.3. The Morgan fingerprint density at radius 1 is 0.730 bits per heavy atom. The van der Waals surface area contributed by atoms with Crippen LogP contribution in [0.4, 0.5) is 11.4 Å². The van der Waals surface area contributed by atoms with Crippen LogP contribution >= 0.6 is 0 Å². The standard InChI is InChI=1S/C30H23N3O4/c1-37-26-16-15-19(17-20(26)18-32-28(34)22-11-5-6-12-23(22)29(32)35)27-31-25-14-8-7-13-24(25)30(36)33(27)21-9-3-2-4-10-21/h2-17,27,31H,18H2,1H3/t27-/m1/s1. The smallest absolute Gasteiger partial charge is 0.262 e. The van der Waals surface area contributed by atoms with Crippen LogP contribution in [-0.4, -0.2) is 29.7 Å². The van der Waals surface area contributed by atoms with Crippen molar-refractivity contribution in [2.75, 3.05) is 17.3 Å². The summed E-state index contributed by atoms with van der Waals surface area (Å²) in [4.78, 5) is 42.6. The molecule has 4 aromatic rings. The Labute approximate surface area is 213 Å². The van der Waals surface area contributed by atoms with Gasteiger partial charge < -0.3 is 10.1 Å². The van der Waals surface area contributed by atoms with Crippen LogP contribution in [0, 0.1) is 0 Å². The highest BCUT2D eigenvalue weighted by atomic mass is 16.5. The number of nitrogens with zero attached hydrogens (tertiary/aromatic N) is 2. The molecule has 7 nitrogen and oxygen atoms in total. The minimum Gasteiger partial charge on any atom is -0.496 e. The van der Waals surface area contributed by atoms with Crippen LogP contribution in [0.25, 0.3) is 0 Å². The van der Waals surface area contributed by atoms with Gasteiger partial charge in [0.2, 0.25) is 0 Å². The summed E-state index contributed by atoms with van der Waals surface area (Å²) in [5, 5.41) is 3.50. The van der Waals surface area contributed by atoms with E-state index in [0.29, 0.717) is 28.0 Å². The van der Waals surface area contributed by atoms with E-state index in [1.165, 1.54) is 4.90 Å². The molecule has 0 aliphatic carbocycles. The number of imide groups is 1. The second-order valence-corrected chi connectivity index (χ2v) is 8.92. The molecule has 7 heteroatoms. The third-order valence-corrected chi connectivity index (χ3v) is 6.79. The van der Waals surface area contributed by atoms with Crippen molar-refractivity contribution in [3.8, 4) is 5.75 Å². The third kappa shape index (κ3) is 3.72. The number of rotatable bonds is 5. The number of nitrogens with one attached hydrogen (secondary N) is 1. The summed E-state index contributed by atoms with van der Waals surface area (Å²) in [5.74, 6) is -0.241. The number of carbonyl (C=O) groups excluding carboxylic acids is 3.